The van der Waals surface area contributed by atoms with Crippen LogP contribution in [-0.4, -0.2) is 22.9 Å². The molecule has 182 valence electrons. The maximum atomic E-state index is 14.2. The molecule has 0 saturated heterocycles. The van der Waals surface area contributed by atoms with Crippen LogP contribution in [-0.2, 0) is 16.7 Å². The van der Waals surface area contributed by atoms with E-state index in [1.54, 1.807) is 41.8 Å². The van der Waals surface area contributed by atoms with Gasteiger partial charge in [0.15, 0.2) is 5.13 Å². The van der Waals surface area contributed by atoms with Crippen LogP contribution in [0.15, 0.2) is 54.0 Å². The van der Waals surface area contributed by atoms with E-state index in [1.807, 2.05) is 4.72 Å². The first-order valence-corrected chi connectivity index (χ1v) is 13.8. The van der Waals surface area contributed by atoms with E-state index in [4.69, 9.17) is 9.54 Å². The second-order valence-corrected chi connectivity index (χ2v) is 11.3. The van der Waals surface area contributed by atoms with Crippen molar-refractivity contribution in [3.63, 3.8) is 0 Å². The van der Waals surface area contributed by atoms with Gasteiger partial charge in [-0.2, -0.15) is 8.42 Å². The Bertz CT molecular complexity index is 1450. The van der Waals surface area contributed by atoms with E-state index in [1.165, 1.54) is 23.5 Å². The first-order chi connectivity index (χ1) is 16.7. The van der Waals surface area contributed by atoms with Crippen molar-refractivity contribution in [2.24, 2.45) is 0 Å². The Kier molecular flexibility index (Phi) is 6.53. The lowest BCUT2D eigenvalue weighted by Gasteiger charge is -2.16. The molecule has 35 heavy (non-hydrogen) atoms. The van der Waals surface area contributed by atoms with Gasteiger partial charge in [0, 0.05) is 29.1 Å². The van der Waals surface area contributed by atoms with Crippen LogP contribution in [0.3, 0.4) is 0 Å². The highest BCUT2D eigenvalue weighted by Gasteiger charge is 2.28. The number of hydrogen-bond acceptors (Lipinski definition) is 7. The van der Waals surface area contributed by atoms with Crippen molar-refractivity contribution in [3.8, 4) is 10.4 Å². The zero-order valence-electron chi connectivity index (χ0n) is 18.1. The standard InChI is InChI=1S/C23H20F2N4O3S3/c24-15-5-8-17(18(25)10-15)21-11-26-23(34-21)28-19(22-27-20(12-33-22)14-3-4-14)9-13-1-6-16(7-2-13)29-35(30,31)32/h1-2,5-8,10-12,14,19,29H,3-4,9H2,(H,26,28)(H,30,31,32)/t19-/m0/s1. The van der Waals surface area contributed by atoms with E-state index < -0.39 is 21.9 Å². The average Bonchev–Trinajstić information content (AvgIpc) is 3.34. The number of anilines is 2. The van der Waals surface area contributed by atoms with E-state index in [9.17, 15) is 17.2 Å². The molecule has 1 aliphatic carbocycles. The number of benzene rings is 2. The van der Waals surface area contributed by atoms with E-state index in [2.05, 4.69) is 15.7 Å². The third kappa shape index (κ3) is 6.01. The van der Waals surface area contributed by atoms with Gasteiger partial charge in [0.2, 0.25) is 0 Å². The maximum Gasteiger partial charge on any atom is 0.357 e. The first-order valence-electron chi connectivity index (χ1n) is 10.7. The lowest BCUT2D eigenvalue weighted by atomic mass is 10.1. The molecular weight excluding hydrogens is 514 g/mol. The summed E-state index contributed by atoms with van der Waals surface area (Å²) in [6, 6.07) is 9.88. The molecule has 2 heterocycles. The molecule has 1 atom stereocenters. The lowest BCUT2D eigenvalue weighted by molar-refractivity contribution is 0.489. The molecule has 2 aromatic carbocycles. The number of nitrogens with zero attached hydrogens (tertiary/aromatic N) is 2. The van der Waals surface area contributed by atoms with E-state index in [-0.39, 0.29) is 17.3 Å². The summed E-state index contributed by atoms with van der Waals surface area (Å²) in [6.07, 6.45) is 4.36. The minimum Gasteiger partial charge on any atom is -0.352 e. The molecule has 0 radical (unpaired) electrons. The number of thiazole rings is 2. The fourth-order valence-corrected chi connectivity index (χ4v) is 5.91. The minimum absolute atomic E-state index is 0.232. The molecule has 1 aliphatic rings. The van der Waals surface area contributed by atoms with Crippen LogP contribution in [0.25, 0.3) is 10.4 Å². The maximum absolute atomic E-state index is 14.2. The third-order valence-corrected chi connectivity index (χ3v) is 7.91. The van der Waals surface area contributed by atoms with Crippen molar-refractivity contribution < 1.29 is 21.8 Å². The summed E-state index contributed by atoms with van der Waals surface area (Å²) in [5.74, 6) is -0.772. The predicted molar refractivity (Wildman–Crippen MR) is 133 cm³/mol. The van der Waals surface area contributed by atoms with Crippen LogP contribution >= 0.6 is 22.7 Å². The molecule has 0 bridgehead atoms. The second-order valence-electron chi connectivity index (χ2n) is 8.21. The van der Waals surface area contributed by atoms with Crippen LogP contribution in [0.1, 0.15) is 41.1 Å². The van der Waals surface area contributed by atoms with Crippen LogP contribution < -0.4 is 10.0 Å². The van der Waals surface area contributed by atoms with Crippen LogP contribution in [0.5, 0.6) is 0 Å². The summed E-state index contributed by atoms with van der Waals surface area (Å²) in [5, 5.41) is 6.93. The summed E-state index contributed by atoms with van der Waals surface area (Å²) in [5.41, 5.74) is 2.52. The highest BCUT2D eigenvalue weighted by molar-refractivity contribution is 7.87. The summed E-state index contributed by atoms with van der Waals surface area (Å²) in [6.45, 7) is 0. The summed E-state index contributed by atoms with van der Waals surface area (Å²) >= 11 is 2.82. The summed E-state index contributed by atoms with van der Waals surface area (Å²) < 4.78 is 60.6. The summed E-state index contributed by atoms with van der Waals surface area (Å²) in [7, 11) is -4.35. The fraction of sp³-hybridized carbons (Fsp3) is 0.217. The molecule has 0 amide bonds. The number of halogens is 2. The van der Waals surface area contributed by atoms with Gasteiger partial charge in [-0.05, 0) is 49.1 Å². The van der Waals surface area contributed by atoms with Crippen molar-refractivity contribution in [2.45, 2.75) is 31.2 Å². The second kappa shape index (κ2) is 9.61. The molecule has 1 saturated carbocycles. The number of rotatable bonds is 9. The smallest absolute Gasteiger partial charge is 0.352 e. The zero-order valence-corrected chi connectivity index (χ0v) is 20.6. The van der Waals surface area contributed by atoms with Crippen LogP contribution in [0, 0.1) is 11.6 Å². The van der Waals surface area contributed by atoms with Gasteiger partial charge >= 0.3 is 10.3 Å². The normalized spacial score (nSPS) is 14.6. The largest absolute Gasteiger partial charge is 0.357 e. The molecule has 7 nitrogen and oxygen atoms in total. The molecule has 0 unspecified atom stereocenters. The van der Waals surface area contributed by atoms with Crippen molar-refractivity contribution in [3.05, 3.63) is 81.9 Å². The van der Waals surface area contributed by atoms with Crippen LogP contribution in [0.4, 0.5) is 19.6 Å². The molecule has 5 rings (SSSR count). The molecule has 12 heteroatoms. The minimum atomic E-state index is -4.35. The van der Waals surface area contributed by atoms with Crippen molar-refractivity contribution in [2.75, 3.05) is 10.0 Å². The fourth-order valence-electron chi connectivity index (χ4n) is 3.62. The van der Waals surface area contributed by atoms with Gasteiger partial charge in [-0.25, -0.2) is 18.7 Å². The van der Waals surface area contributed by atoms with E-state index in [0.717, 1.165) is 35.2 Å². The molecule has 3 N–H and O–H groups in total. The van der Waals surface area contributed by atoms with Gasteiger partial charge in [-0.15, -0.1) is 11.3 Å². The molecule has 4 aromatic rings. The Balaban J connectivity index is 1.38. The van der Waals surface area contributed by atoms with Crippen LogP contribution in [0.2, 0.25) is 0 Å². The van der Waals surface area contributed by atoms with Crippen molar-refractivity contribution >= 4 is 43.8 Å². The Morgan fingerprint density at radius 2 is 1.91 bits per heavy atom. The van der Waals surface area contributed by atoms with Gasteiger partial charge in [-0.3, -0.25) is 9.27 Å². The van der Waals surface area contributed by atoms with Gasteiger partial charge < -0.3 is 5.32 Å². The van der Waals surface area contributed by atoms with Gasteiger partial charge in [0.05, 0.1) is 22.3 Å². The van der Waals surface area contributed by atoms with Crippen molar-refractivity contribution in [1.29, 1.82) is 0 Å². The molecule has 1 fully saturated rings. The van der Waals surface area contributed by atoms with E-state index in [0.29, 0.717) is 22.3 Å². The highest BCUT2D eigenvalue weighted by Crippen LogP contribution is 2.41. The average molecular weight is 535 g/mol. The Morgan fingerprint density at radius 1 is 1.14 bits per heavy atom. The van der Waals surface area contributed by atoms with E-state index >= 15 is 0 Å². The number of hydrogen-bond donors (Lipinski definition) is 3. The Morgan fingerprint density at radius 3 is 2.60 bits per heavy atom. The Hall–Kier alpha value is -2.93. The number of aromatic nitrogens is 2. The monoisotopic (exact) mass is 534 g/mol. The zero-order chi connectivity index (χ0) is 24.6. The number of nitrogens with one attached hydrogen (secondary N) is 2. The molecule has 0 aliphatic heterocycles. The molecule has 0 spiro atoms. The van der Waals surface area contributed by atoms with Gasteiger partial charge in [0.1, 0.15) is 16.6 Å². The molecule has 2 aromatic heterocycles. The third-order valence-electron chi connectivity index (χ3n) is 5.47. The lowest BCUT2D eigenvalue weighted by Crippen LogP contribution is -2.14. The summed E-state index contributed by atoms with van der Waals surface area (Å²) in [4.78, 5) is 9.79. The topological polar surface area (TPSA) is 104 Å². The Labute approximate surface area is 208 Å². The quantitative estimate of drug-likeness (QED) is 0.227. The van der Waals surface area contributed by atoms with Crippen molar-refractivity contribution in [1.82, 2.24) is 9.97 Å². The van der Waals surface area contributed by atoms with Gasteiger partial charge in [-0.1, -0.05) is 23.5 Å². The SMILES string of the molecule is O=S(=O)(O)Nc1ccc(C[C@H](Nc2ncc(-c3ccc(F)cc3F)s2)c2nc(C3CC3)cs2)cc1. The first kappa shape index (κ1) is 23.8. The molecular formula is C23H20F2N4O3S3. The highest BCUT2D eigenvalue weighted by atomic mass is 32.2. The predicted octanol–water partition coefficient (Wildman–Crippen LogP) is 6.03. The van der Waals surface area contributed by atoms with Gasteiger partial charge in [0.25, 0.3) is 0 Å².